The summed E-state index contributed by atoms with van der Waals surface area (Å²) in [4.78, 5) is 5.28. The van der Waals surface area contributed by atoms with E-state index in [0.29, 0.717) is 5.75 Å². The Morgan fingerprint density at radius 2 is 1.00 bits per heavy atom. The normalized spacial score (nSPS) is 13.2. The highest BCUT2D eigenvalue weighted by Gasteiger charge is 2.39. The molecule has 4 nitrogen and oxygen atoms in total. The van der Waals surface area contributed by atoms with Crippen LogP contribution in [0.1, 0.15) is 25.0 Å². The molecule has 0 unspecified atom stereocenters. The second kappa shape index (κ2) is 13.2. The molecule has 0 saturated carbocycles. The molecule has 0 bridgehead atoms. The molecule has 0 amide bonds. The lowest BCUT2D eigenvalue weighted by Crippen LogP contribution is -2.15. The second-order valence-corrected chi connectivity index (χ2v) is 16.3. The number of fused-ring (bicyclic) bond motifs is 9. The Morgan fingerprint density at radius 3 is 1.78 bits per heavy atom. The molecule has 0 fully saturated rings. The zero-order valence-electron chi connectivity index (χ0n) is 33.1. The van der Waals surface area contributed by atoms with Crippen molar-refractivity contribution in [3.05, 3.63) is 199 Å². The zero-order valence-corrected chi connectivity index (χ0v) is 33.1. The maximum atomic E-state index is 6.93. The molecule has 12 rings (SSSR count). The van der Waals surface area contributed by atoms with Gasteiger partial charge in [-0.3, -0.25) is 0 Å². The van der Waals surface area contributed by atoms with Crippen LogP contribution in [-0.4, -0.2) is 4.98 Å². The first-order chi connectivity index (χ1) is 29.5. The molecule has 3 heterocycles. The maximum absolute atomic E-state index is 6.93. The van der Waals surface area contributed by atoms with Crippen molar-refractivity contribution >= 4 is 21.9 Å². The van der Waals surface area contributed by atoms with E-state index in [2.05, 4.69) is 172 Å². The minimum absolute atomic E-state index is 0.138. The summed E-state index contributed by atoms with van der Waals surface area (Å²) in [6.07, 6.45) is 0. The van der Waals surface area contributed by atoms with E-state index in [0.717, 1.165) is 101 Å². The van der Waals surface area contributed by atoms with E-state index in [9.17, 15) is 0 Å². The fraction of sp³-hybridized carbons (Fsp3) is 0.0536. The van der Waals surface area contributed by atoms with Gasteiger partial charge in [-0.1, -0.05) is 172 Å². The van der Waals surface area contributed by atoms with E-state index in [1.54, 1.807) is 0 Å². The molecule has 1 aliphatic carbocycles. The van der Waals surface area contributed by atoms with Crippen molar-refractivity contribution in [2.24, 2.45) is 0 Å². The van der Waals surface area contributed by atoms with Crippen LogP contribution >= 0.6 is 0 Å². The third kappa shape index (κ3) is 5.34. The van der Waals surface area contributed by atoms with Gasteiger partial charge >= 0.3 is 0 Å². The Hall–Kier alpha value is -7.69. The first-order valence-electron chi connectivity index (χ1n) is 20.4. The number of nitrogens with zero attached hydrogens (tertiary/aromatic N) is 1. The Kier molecular flexibility index (Phi) is 7.54. The zero-order chi connectivity index (χ0) is 40.0. The summed E-state index contributed by atoms with van der Waals surface area (Å²) >= 11 is 0. The summed E-state index contributed by atoms with van der Waals surface area (Å²) in [5.41, 5.74) is 16.8. The standard InChI is InChI=1S/C56H37NO3/c1-56(2)45-19-8-6-15-44(45)52-46(56)30-31-51-55(52)60-54-41(17-11-21-50(54)58-51)36-24-28-38(29-25-36)48-33-39(34-12-4-3-5-13-34)32-47(57-48)37-26-22-35(23-27-37)40-16-10-18-43-42-14-7-9-20-49(42)59-53(40)43/h3-33H,1-2H3. The molecule has 0 radical (unpaired) electrons. The number of hydrogen-bond donors (Lipinski definition) is 0. The first-order valence-corrected chi connectivity index (χ1v) is 20.4. The largest absolute Gasteiger partial charge is 0.455 e. The molecule has 60 heavy (non-hydrogen) atoms. The first kappa shape index (κ1) is 34.4. The van der Waals surface area contributed by atoms with Gasteiger partial charge < -0.3 is 13.9 Å². The number of hydrogen-bond acceptors (Lipinski definition) is 4. The van der Waals surface area contributed by atoms with Crippen LogP contribution in [0.5, 0.6) is 23.0 Å². The predicted octanol–water partition coefficient (Wildman–Crippen LogP) is 15.5. The molecule has 2 aliphatic rings. The van der Waals surface area contributed by atoms with Crippen LogP contribution in [0.2, 0.25) is 0 Å². The lowest BCUT2D eigenvalue weighted by atomic mass is 9.82. The maximum Gasteiger partial charge on any atom is 0.178 e. The van der Waals surface area contributed by atoms with Crippen LogP contribution in [0.15, 0.2) is 192 Å². The van der Waals surface area contributed by atoms with Crippen molar-refractivity contribution in [1.82, 2.24) is 4.98 Å². The molecule has 0 N–H and O–H groups in total. The van der Waals surface area contributed by atoms with Crippen molar-refractivity contribution in [3.8, 4) is 90.0 Å². The Bertz CT molecular complexity index is 3320. The van der Waals surface area contributed by atoms with Gasteiger partial charge in [0.15, 0.2) is 23.0 Å². The van der Waals surface area contributed by atoms with Gasteiger partial charge in [0, 0.05) is 44.0 Å². The van der Waals surface area contributed by atoms with Crippen molar-refractivity contribution in [3.63, 3.8) is 0 Å². The Labute approximate surface area is 348 Å². The number of furan rings is 1. The van der Waals surface area contributed by atoms with Crippen LogP contribution in [0.3, 0.4) is 0 Å². The van der Waals surface area contributed by atoms with Gasteiger partial charge in [-0.15, -0.1) is 0 Å². The number of rotatable bonds is 5. The van der Waals surface area contributed by atoms with Crippen molar-refractivity contribution in [2.75, 3.05) is 0 Å². The van der Waals surface area contributed by atoms with Crippen LogP contribution in [-0.2, 0) is 5.41 Å². The molecular weight excluding hydrogens is 735 g/mol. The minimum atomic E-state index is -0.138. The van der Waals surface area contributed by atoms with E-state index in [-0.39, 0.29) is 5.41 Å². The number of pyridine rings is 1. The topological polar surface area (TPSA) is 44.5 Å². The van der Waals surface area contributed by atoms with Crippen LogP contribution in [0, 0.1) is 0 Å². The summed E-state index contributed by atoms with van der Waals surface area (Å²) in [5, 5.41) is 2.25. The molecule has 4 heteroatoms. The molecule has 0 atom stereocenters. The fourth-order valence-electron chi connectivity index (χ4n) is 9.31. The number of benzene rings is 8. The monoisotopic (exact) mass is 771 g/mol. The SMILES string of the molecule is CC1(C)c2ccccc2-c2c1ccc1c2Oc2c(cccc2-c2ccc(-c3cc(-c4ccccc4)cc(-c4ccc(-c5cccc6c5oc5ccccc56)cc4)n3)cc2)O1. The van der Waals surface area contributed by atoms with Crippen molar-refractivity contribution < 1.29 is 13.9 Å². The summed E-state index contributed by atoms with van der Waals surface area (Å²) < 4.78 is 19.9. The van der Waals surface area contributed by atoms with Gasteiger partial charge in [0.1, 0.15) is 11.2 Å². The quantitative estimate of drug-likeness (QED) is 0.175. The van der Waals surface area contributed by atoms with Gasteiger partial charge in [-0.05, 0) is 69.3 Å². The lowest BCUT2D eigenvalue weighted by molar-refractivity contribution is 0.361. The molecule has 0 saturated heterocycles. The molecule has 1 aliphatic heterocycles. The van der Waals surface area contributed by atoms with Crippen LogP contribution in [0.4, 0.5) is 0 Å². The van der Waals surface area contributed by atoms with Crippen molar-refractivity contribution in [2.45, 2.75) is 19.3 Å². The summed E-state index contributed by atoms with van der Waals surface area (Å²) in [5.74, 6) is 2.94. The number of aromatic nitrogens is 1. The van der Waals surface area contributed by atoms with Gasteiger partial charge in [0.05, 0.1) is 11.4 Å². The molecular formula is C56H37NO3. The highest BCUT2D eigenvalue weighted by Crippen LogP contribution is 2.59. The van der Waals surface area contributed by atoms with Gasteiger partial charge in [0.2, 0.25) is 0 Å². The van der Waals surface area contributed by atoms with Crippen LogP contribution < -0.4 is 9.47 Å². The number of ether oxygens (including phenoxy) is 2. The summed E-state index contributed by atoms with van der Waals surface area (Å²) in [7, 11) is 0. The second-order valence-electron chi connectivity index (χ2n) is 16.3. The average Bonchev–Trinajstić information content (AvgIpc) is 3.80. The molecule has 284 valence electrons. The predicted molar refractivity (Wildman–Crippen MR) is 243 cm³/mol. The van der Waals surface area contributed by atoms with E-state index < -0.39 is 0 Å². The molecule has 10 aromatic rings. The minimum Gasteiger partial charge on any atom is -0.455 e. The molecule has 0 spiro atoms. The summed E-state index contributed by atoms with van der Waals surface area (Å²) in [6, 6.07) is 65.7. The van der Waals surface area contributed by atoms with E-state index in [4.69, 9.17) is 18.9 Å². The Balaban J connectivity index is 0.901. The van der Waals surface area contributed by atoms with E-state index in [1.807, 2.05) is 30.3 Å². The highest BCUT2D eigenvalue weighted by molar-refractivity contribution is 6.09. The smallest absolute Gasteiger partial charge is 0.178 e. The molecule has 2 aromatic heterocycles. The van der Waals surface area contributed by atoms with Gasteiger partial charge in [0.25, 0.3) is 0 Å². The lowest BCUT2D eigenvalue weighted by Gasteiger charge is -2.26. The summed E-state index contributed by atoms with van der Waals surface area (Å²) in [6.45, 7) is 4.56. The fourth-order valence-corrected chi connectivity index (χ4v) is 9.31. The third-order valence-electron chi connectivity index (χ3n) is 12.4. The van der Waals surface area contributed by atoms with Crippen molar-refractivity contribution in [1.29, 1.82) is 0 Å². The average molecular weight is 772 g/mol. The highest BCUT2D eigenvalue weighted by atomic mass is 16.6. The van der Waals surface area contributed by atoms with Gasteiger partial charge in [-0.25, -0.2) is 4.98 Å². The number of para-hydroxylation sites is 3. The third-order valence-corrected chi connectivity index (χ3v) is 12.4. The Morgan fingerprint density at radius 1 is 0.400 bits per heavy atom. The van der Waals surface area contributed by atoms with E-state index >= 15 is 0 Å². The van der Waals surface area contributed by atoms with Gasteiger partial charge in [-0.2, -0.15) is 0 Å². The van der Waals surface area contributed by atoms with Crippen LogP contribution in [0.25, 0.3) is 89.0 Å². The van der Waals surface area contributed by atoms with E-state index in [1.165, 1.54) is 16.7 Å². The molecule has 8 aromatic carbocycles.